The van der Waals surface area contributed by atoms with Gasteiger partial charge in [-0.1, -0.05) is 6.08 Å². The van der Waals surface area contributed by atoms with E-state index in [4.69, 9.17) is 5.26 Å². The summed E-state index contributed by atoms with van der Waals surface area (Å²) in [5.41, 5.74) is -0.0181. The average molecular weight is 138 g/mol. The molecule has 0 aliphatic rings. The SMILES string of the molecule is CN(C)C(C)(C)C=CC#N. The molecule has 2 heteroatoms. The second-order valence-electron chi connectivity index (χ2n) is 3.01. The van der Waals surface area contributed by atoms with Crippen molar-refractivity contribution in [3.05, 3.63) is 12.2 Å². The normalized spacial score (nSPS) is 12.4. The lowest BCUT2D eigenvalue weighted by Crippen LogP contribution is -2.35. The molecular formula is C8H14N2. The average Bonchev–Trinajstić information content (AvgIpc) is 1.84. The van der Waals surface area contributed by atoms with Crippen molar-refractivity contribution in [3.63, 3.8) is 0 Å². The summed E-state index contributed by atoms with van der Waals surface area (Å²) in [4.78, 5) is 2.06. The van der Waals surface area contributed by atoms with E-state index in [1.165, 1.54) is 6.08 Å². The summed E-state index contributed by atoms with van der Waals surface area (Å²) in [5, 5.41) is 8.26. The molecule has 56 valence electrons. The van der Waals surface area contributed by atoms with Crippen molar-refractivity contribution < 1.29 is 0 Å². The van der Waals surface area contributed by atoms with Crippen LogP contribution in [0.25, 0.3) is 0 Å². The summed E-state index contributed by atoms with van der Waals surface area (Å²) in [6.07, 6.45) is 3.40. The van der Waals surface area contributed by atoms with Crippen LogP contribution in [0.3, 0.4) is 0 Å². The monoisotopic (exact) mass is 138 g/mol. The Kier molecular flexibility index (Phi) is 3.11. The van der Waals surface area contributed by atoms with Gasteiger partial charge in [0.2, 0.25) is 0 Å². The Labute approximate surface area is 62.8 Å². The van der Waals surface area contributed by atoms with Crippen LogP contribution in [0.2, 0.25) is 0 Å². The Bertz CT molecular complexity index is 161. The lowest BCUT2D eigenvalue weighted by atomic mass is 10.0. The first-order valence-corrected chi connectivity index (χ1v) is 3.25. The summed E-state index contributed by atoms with van der Waals surface area (Å²) >= 11 is 0. The zero-order valence-electron chi connectivity index (χ0n) is 7.05. The van der Waals surface area contributed by atoms with Gasteiger partial charge in [0, 0.05) is 11.6 Å². The van der Waals surface area contributed by atoms with Gasteiger partial charge in [-0.25, -0.2) is 0 Å². The summed E-state index contributed by atoms with van der Waals surface area (Å²) in [6.45, 7) is 4.11. The van der Waals surface area contributed by atoms with E-state index >= 15 is 0 Å². The van der Waals surface area contributed by atoms with E-state index in [9.17, 15) is 0 Å². The number of hydrogen-bond donors (Lipinski definition) is 0. The third-order valence-corrected chi connectivity index (χ3v) is 1.72. The highest BCUT2D eigenvalue weighted by atomic mass is 15.1. The van der Waals surface area contributed by atoms with Crippen LogP contribution in [0.1, 0.15) is 13.8 Å². The van der Waals surface area contributed by atoms with Gasteiger partial charge in [-0.05, 0) is 27.9 Å². The molecule has 0 amide bonds. The number of nitrogens with zero attached hydrogens (tertiary/aromatic N) is 2. The van der Waals surface area contributed by atoms with E-state index in [-0.39, 0.29) is 5.54 Å². The van der Waals surface area contributed by atoms with E-state index in [2.05, 4.69) is 18.7 Å². The molecule has 0 aromatic heterocycles. The Morgan fingerprint density at radius 2 is 1.90 bits per heavy atom. The van der Waals surface area contributed by atoms with Crippen molar-refractivity contribution in [2.45, 2.75) is 19.4 Å². The summed E-state index contributed by atoms with van der Waals surface area (Å²) in [6, 6.07) is 1.97. The summed E-state index contributed by atoms with van der Waals surface area (Å²) in [5.74, 6) is 0. The van der Waals surface area contributed by atoms with Gasteiger partial charge in [0.25, 0.3) is 0 Å². The molecule has 0 bridgehead atoms. The molecule has 2 nitrogen and oxygen atoms in total. The lowest BCUT2D eigenvalue weighted by molar-refractivity contribution is 0.252. The molecule has 10 heavy (non-hydrogen) atoms. The number of likely N-dealkylation sites (N-methyl/N-ethyl adjacent to an activating group) is 1. The summed E-state index contributed by atoms with van der Waals surface area (Å²) in [7, 11) is 3.98. The second-order valence-corrected chi connectivity index (χ2v) is 3.01. The van der Waals surface area contributed by atoms with Gasteiger partial charge in [-0.15, -0.1) is 0 Å². The predicted octanol–water partition coefficient (Wildman–Crippen LogP) is 1.41. The highest BCUT2D eigenvalue weighted by Crippen LogP contribution is 2.10. The molecule has 0 N–H and O–H groups in total. The minimum atomic E-state index is -0.0181. The number of allylic oxidation sites excluding steroid dienone is 1. The maximum absolute atomic E-state index is 8.26. The zero-order valence-corrected chi connectivity index (χ0v) is 7.05. The van der Waals surface area contributed by atoms with Gasteiger partial charge < -0.3 is 4.90 Å². The van der Waals surface area contributed by atoms with Crippen LogP contribution in [0.5, 0.6) is 0 Å². The maximum Gasteiger partial charge on any atom is 0.0909 e. The van der Waals surface area contributed by atoms with Crippen LogP contribution in [0.15, 0.2) is 12.2 Å². The fraction of sp³-hybridized carbons (Fsp3) is 0.625. The largest absolute Gasteiger partial charge is 0.301 e. The first-order chi connectivity index (χ1) is 4.50. The van der Waals surface area contributed by atoms with Crippen LogP contribution in [0, 0.1) is 11.3 Å². The van der Waals surface area contributed by atoms with Crippen molar-refractivity contribution in [2.24, 2.45) is 0 Å². The first kappa shape index (κ1) is 9.19. The van der Waals surface area contributed by atoms with Gasteiger partial charge in [-0.2, -0.15) is 5.26 Å². The molecule has 0 aromatic carbocycles. The van der Waals surface area contributed by atoms with Gasteiger partial charge in [-0.3, -0.25) is 0 Å². The molecular weight excluding hydrogens is 124 g/mol. The van der Waals surface area contributed by atoms with E-state index < -0.39 is 0 Å². The van der Waals surface area contributed by atoms with Crippen LogP contribution in [0.4, 0.5) is 0 Å². The molecule has 0 heterocycles. The minimum Gasteiger partial charge on any atom is -0.301 e. The molecule has 0 spiro atoms. The molecule has 0 saturated carbocycles. The molecule has 0 aliphatic heterocycles. The zero-order chi connectivity index (χ0) is 8.20. The second kappa shape index (κ2) is 3.38. The van der Waals surface area contributed by atoms with Crippen LogP contribution < -0.4 is 0 Å². The molecule has 0 unspecified atom stereocenters. The maximum atomic E-state index is 8.26. The first-order valence-electron chi connectivity index (χ1n) is 3.25. The molecule has 0 fully saturated rings. The van der Waals surface area contributed by atoms with Gasteiger partial charge in [0.1, 0.15) is 0 Å². The Morgan fingerprint density at radius 3 is 2.20 bits per heavy atom. The van der Waals surface area contributed by atoms with E-state index in [1.807, 2.05) is 26.2 Å². The van der Waals surface area contributed by atoms with Gasteiger partial charge >= 0.3 is 0 Å². The number of nitriles is 1. The van der Waals surface area contributed by atoms with Crippen molar-refractivity contribution in [2.75, 3.05) is 14.1 Å². The Balaban J connectivity index is 4.15. The van der Waals surface area contributed by atoms with Crippen molar-refractivity contribution in [3.8, 4) is 6.07 Å². The van der Waals surface area contributed by atoms with Crippen molar-refractivity contribution >= 4 is 0 Å². The highest BCUT2D eigenvalue weighted by molar-refractivity contribution is 5.10. The molecule has 0 atom stereocenters. The molecule has 0 aromatic rings. The highest BCUT2D eigenvalue weighted by Gasteiger charge is 2.14. The van der Waals surface area contributed by atoms with E-state index in [0.29, 0.717) is 0 Å². The predicted molar refractivity (Wildman–Crippen MR) is 42.5 cm³/mol. The smallest absolute Gasteiger partial charge is 0.0909 e. The fourth-order valence-electron chi connectivity index (χ4n) is 0.390. The molecule has 0 aliphatic carbocycles. The van der Waals surface area contributed by atoms with Gasteiger partial charge in [0.15, 0.2) is 0 Å². The fourth-order valence-corrected chi connectivity index (χ4v) is 0.390. The quantitative estimate of drug-likeness (QED) is 0.539. The van der Waals surface area contributed by atoms with Crippen LogP contribution >= 0.6 is 0 Å². The topological polar surface area (TPSA) is 27.0 Å². The number of hydrogen-bond acceptors (Lipinski definition) is 2. The molecule has 0 saturated heterocycles. The lowest BCUT2D eigenvalue weighted by Gasteiger charge is -2.28. The third kappa shape index (κ3) is 2.65. The van der Waals surface area contributed by atoms with Crippen LogP contribution in [-0.4, -0.2) is 24.5 Å². The molecule has 0 rings (SSSR count). The molecule has 0 radical (unpaired) electrons. The Morgan fingerprint density at radius 1 is 1.40 bits per heavy atom. The standard InChI is InChI=1S/C8H14N2/c1-8(2,10(3)4)6-5-7-9/h5-6H,1-4H3. The minimum absolute atomic E-state index is 0.0181. The third-order valence-electron chi connectivity index (χ3n) is 1.72. The number of rotatable bonds is 2. The van der Waals surface area contributed by atoms with Crippen molar-refractivity contribution in [1.82, 2.24) is 4.90 Å². The van der Waals surface area contributed by atoms with Crippen molar-refractivity contribution in [1.29, 1.82) is 5.26 Å². The Hall–Kier alpha value is -0.810. The van der Waals surface area contributed by atoms with Crippen LogP contribution in [-0.2, 0) is 0 Å². The van der Waals surface area contributed by atoms with E-state index in [1.54, 1.807) is 0 Å². The summed E-state index contributed by atoms with van der Waals surface area (Å²) < 4.78 is 0. The van der Waals surface area contributed by atoms with Gasteiger partial charge in [0.05, 0.1) is 6.07 Å². The van der Waals surface area contributed by atoms with E-state index in [0.717, 1.165) is 0 Å².